The standard InChI is InChI=1S/C8H14O.C3H6O/c9-7-6-8-4-2-1-3-5-8;1-2-3-4/h7-8H,1-6H2;3H,2H2,1H3. The SMILES string of the molecule is CCC=O.O=CCC1CCCCC1. The molecule has 1 rings (SSSR count). The summed E-state index contributed by atoms with van der Waals surface area (Å²) in [5.74, 6) is 0.733. The molecule has 2 heteroatoms. The van der Waals surface area contributed by atoms with E-state index >= 15 is 0 Å². The number of aldehydes is 2. The van der Waals surface area contributed by atoms with Crippen molar-refractivity contribution >= 4 is 12.6 Å². The molecule has 13 heavy (non-hydrogen) atoms. The molecule has 0 N–H and O–H groups in total. The molecule has 0 aromatic carbocycles. The minimum Gasteiger partial charge on any atom is -0.303 e. The van der Waals surface area contributed by atoms with Crippen LogP contribution in [0.25, 0.3) is 0 Å². The van der Waals surface area contributed by atoms with Crippen LogP contribution in [0.5, 0.6) is 0 Å². The van der Waals surface area contributed by atoms with Crippen molar-refractivity contribution in [2.75, 3.05) is 0 Å². The lowest BCUT2D eigenvalue weighted by molar-refractivity contribution is -0.109. The number of hydrogen-bond donors (Lipinski definition) is 0. The largest absolute Gasteiger partial charge is 0.303 e. The van der Waals surface area contributed by atoms with Gasteiger partial charge in [-0.05, 0) is 5.92 Å². The van der Waals surface area contributed by atoms with E-state index in [0.717, 1.165) is 24.9 Å². The highest BCUT2D eigenvalue weighted by atomic mass is 16.1. The molecule has 0 heterocycles. The van der Waals surface area contributed by atoms with E-state index in [0.29, 0.717) is 6.42 Å². The molecule has 1 aliphatic rings. The van der Waals surface area contributed by atoms with Gasteiger partial charge in [0.1, 0.15) is 12.6 Å². The summed E-state index contributed by atoms with van der Waals surface area (Å²) < 4.78 is 0. The van der Waals surface area contributed by atoms with E-state index in [1.807, 2.05) is 6.92 Å². The molecule has 0 aromatic rings. The van der Waals surface area contributed by atoms with E-state index < -0.39 is 0 Å². The minimum atomic E-state index is 0.639. The number of carbonyl (C=O) groups is 2. The molecule has 0 amide bonds. The van der Waals surface area contributed by atoms with Crippen molar-refractivity contribution < 1.29 is 9.59 Å². The van der Waals surface area contributed by atoms with E-state index in [1.165, 1.54) is 32.1 Å². The van der Waals surface area contributed by atoms with Crippen LogP contribution in [0.3, 0.4) is 0 Å². The van der Waals surface area contributed by atoms with Crippen LogP contribution in [0.2, 0.25) is 0 Å². The van der Waals surface area contributed by atoms with E-state index in [4.69, 9.17) is 0 Å². The molecule has 76 valence electrons. The predicted octanol–water partition coefficient (Wildman–Crippen LogP) is 2.75. The molecule has 0 saturated heterocycles. The lowest BCUT2D eigenvalue weighted by Crippen LogP contribution is -2.05. The molecule has 0 spiro atoms. The molecule has 2 nitrogen and oxygen atoms in total. The van der Waals surface area contributed by atoms with Crippen molar-refractivity contribution in [3.63, 3.8) is 0 Å². The van der Waals surface area contributed by atoms with Crippen molar-refractivity contribution in [1.29, 1.82) is 0 Å². The maximum absolute atomic E-state index is 10.1. The Bertz CT molecular complexity index is 126. The van der Waals surface area contributed by atoms with Crippen LogP contribution in [0.15, 0.2) is 0 Å². The summed E-state index contributed by atoms with van der Waals surface area (Å²) in [6.07, 6.45) is 10.0. The van der Waals surface area contributed by atoms with E-state index in [1.54, 1.807) is 0 Å². The van der Waals surface area contributed by atoms with Gasteiger partial charge in [0.05, 0.1) is 0 Å². The molecule has 0 aliphatic heterocycles. The average Bonchev–Trinajstić information content (AvgIpc) is 2.20. The Labute approximate surface area is 80.7 Å². The molecule has 0 unspecified atom stereocenters. The highest BCUT2D eigenvalue weighted by molar-refractivity contribution is 5.49. The summed E-state index contributed by atoms with van der Waals surface area (Å²) in [4.78, 5) is 19.2. The second kappa shape index (κ2) is 9.43. The molecular weight excluding hydrogens is 164 g/mol. The Morgan fingerprint density at radius 2 is 1.62 bits per heavy atom. The molecule has 0 bridgehead atoms. The van der Waals surface area contributed by atoms with Crippen molar-refractivity contribution in [2.24, 2.45) is 5.92 Å². The molecule has 0 atom stereocenters. The van der Waals surface area contributed by atoms with Crippen LogP contribution in [0.1, 0.15) is 51.9 Å². The van der Waals surface area contributed by atoms with Crippen LogP contribution < -0.4 is 0 Å². The fourth-order valence-electron chi connectivity index (χ4n) is 1.56. The molecular formula is C11H20O2. The summed E-state index contributed by atoms with van der Waals surface area (Å²) in [6.45, 7) is 1.81. The first-order valence-corrected chi connectivity index (χ1v) is 5.22. The van der Waals surface area contributed by atoms with Gasteiger partial charge in [-0.3, -0.25) is 0 Å². The van der Waals surface area contributed by atoms with Crippen LogP contribution in [-0.4, -0.2) is 12.6 Å². The van der Waals surface area contributed by atoms with E-state index in [2.05, 4.69) is 0 Å². The lowest BCUT2D eigenvalue weighted by atomic mass is 9.87. The fraction of sp³-hybridized carbons (Fsp3) is 0.818. The van der Waals surface area contributed by atoms with Gasteiger partial charge in [0.2, 0.25) is 0 Å². The minimum absolute atomic E-state index is 0.639. The van der Waals surface area contributed by atoms with Crippen LogP contribution in [-0.2, 0) is 9.59 Å². The van der Waals surface area contributed by atoms with Gasteiger partial charge in [0.25, 0.3) is 0 Å². The summed E-state index contributed by atoms with van der Waals surface area (Å²) in [5, 5.41) is 0. The molecule has 0 radical (unpaired) electrons. The van der Waals surface area contributed by atoms with E-state index in [9.17, 15) is 9.59 Å². The second-order valence-electron chi connectivity index (χ2n) is 3.48. The van der Waals surface area contributed by atoms with Crippen molar-refractivity contribution in [1.82, 2.24) is 0 Å². The first kappa shape index (κ1) is 12.3. The maximum atomic E-state index is 10.1. The Morgan fingerprint density at radius 1 is 1.08 bits per heavy atom. The van der Waals surface area contributed by atoms with Gasteiger partial charge < -0.3 is 9.59 Å². The quantitative estimate of drug-likeness (QED) is 0.632. The van der Waals surface area contributed by atoms with Gasteiger partial charge in [-0.1, -0.05) is 39.0 Å². The third-order valence-corrected chi connectivity index (χ3v) is 2.32. The van der Waals surface area contributed by atoms with Gasteiger partial charge in [0.15, 0.2) is 0 Å². The second-order valence-corrected chi connectivity index (χ2v) is 3.48. The zero-order valence-corrected chi connectivity index (χ0v) is 8.50. The Morgan fingerprint density at radius 3 is 2.00 bits per heavy atom. The van der Waals surface area contributed by atoms with Gasteiger partial charge in [-0.2, -0.15) is 0 Å². The summed E-state index contributed by atoms with van der Waals surface area (Å²) in [7, 11) is 0. The first-order valence-electron chi connectivity index (χ1n) is 5.22. The summed E-state index contributed by atoms with van der Waals surface area (Å²) >= 11 is 0. The van der Waals surface area contributed by atoms with Gasteiger partial charge >= 0.3 is 0 Å². The number of rotatable bonds is 3. The average molecular weight is 184 g/mol. The maximum Gasteiger partial charge on any atom is 0.120 e. The molecule has 1 aliphatic carbocycles. The van der Waals surface area contributed by atoms with Crippen LogP contribution >= 0.6 is 0 Å². The van der Waals surface area contributed by atoms with Crippen molar-refractivity contribution in [3.05, 3.63) is 0 Å². The van der Waals surface area contributed by atoms with Crippen LogP contribution in [0, 0.1) is 5.92 Å². The molecule has 1 saturated carbocycles. The monoisotopic (exact) mass is 184 g/mol. The normalized spacial score (nSPS) is 17.0. The van der Waals surface area contributed by atoms with Gasteiger partial charge in [-0.15, -0.1) is 0 Å². The van der Waals surface area contributed by atoms with Crippen molar-refractivity contribution in [2.45, 2.75) is 51.9 Å². The highest BCUT2D eigenvalue weighted by Gasteiger charge is 2.11. The number of hydrogen-bond acceptors (Lipinski definition) is 2. The summed E-state index contributed by atoms with van der Waals surface area (Å²) in [5.41, 5.74) is 0. The third kappa shape index (κ3) is 7.69. The first-order chi connectivity index (χ1) is 6.35. The van der Waals surface area contributed by atoms with Crippen molar-refractivity contribution in [3.8, 4) is 0 Å². The Balaban J connectivity index is 0.000000310. The topological polar surface area (TPSA) is 34.1 Å². The van der Waals surface area contributed by atoms with E-state index in [-0.39, 0.29) is 0 Å². The predicted molar refractivity (Wildman–Crippen MR) is 53.6 cm³/mol. The smallest absolute Gasteiger partial charge is 0.120 e. The number of carbonyl (C=O) groups excluding carboxylic acids is 2. The Kier molecular flexibility index (Phi) is 8.95. The van der Waals surface area contributed by atoms with Gasteiger partial charge in [0, 0.05) is 12.8 Å². The fourth-order valence-corrected chi connectivity index (χ4v) is 1.56. The lowest BCUT2D eigenvalue weighted by Gasteiger charge is -2.18. The Hall–Kier alpha value is -0.660. The summed E-state index contributed by atoms with van der Waals surface area (Å²) in [6, 6.07) is 0. The molecule has 1 fully saturated rings. The third-order valence-electron chi connectivity index (χ3n) is 2.32. The van der Waals surface area contributed by atoms with Gasteiger partial charge in [-0.25, -0.2) is 0 Å². The zero-order chi connectivity index (χ0) is 9.94. The van der Waals surface area contributed by atoms with Crippen LogP contribution in [0.4, 0.5) is 0 Å². The zero-order valence-electron chi connectivity index (χ0n) is 8.50. The highest BCUT2D eigenvalue weighted by Crippen LogP contribution is 2.24. The molecule has 0 aromatic heterocycles.